The fourth-order valence-corrected chi connectivity index (χ4v) is 3.82. The lowest BCUT2D eigenvalue weighted by atomic mass is 9.88. The number of carbonyl (C=O) groups is 1. The van der Waals surface area contributed by atoms with E-state index >= 15 is 0 Å². The molecule has 0 radical (unpaired) electrons. The number of hydrogen-bond donors (Lipinski definition) is 1. The van der Waals surface area contributed by atoms with Gasteiger partial charge >= 0.3 is 0 Å². The lowest BCUT2D eigenvalue weighted by Crippen LogP contribution is -2.58. The highest BCUT2D eigenvalue weighted by Crippen LogP contribution is 2.25. The predicted molar refractivity (Wildman–Crippen MR) is 113 cm³/mol. The predicted octanol–water partition coefficient (Wildman–Crippen LogP) is 2.50. The summed E-state index contributed by atoms with van der Waals surface area (Å²) in [6.07, 6.45) is 5.26. The van der Waals surface area contributed by atoms with E-state index in [-0.39, 0.29) is 30.7 Å². The van der Waals surface area contributed by atoms with Gasteiger partial charge in [0, 0.05) is 45.6 Å². The fraction of sp³-hybridized carbons (Fsp3) is 0.684. The Bertz CT molecular complexity index is 562. The molecule has 0 aliphatic carbocycles. The summed E-state index contributed by atoms with van der Waals surface area (Å²) in [5.74, 6) is 1.69. The number of amides is 1. The van der Waals surface area contributed by atoms with Crippen LogP contribution in [0, 0.1) is 5.92 Å². The molecule has 3 heterocycles. The van der Waals surface area contributed by atoms with Crippen molar-refractivity contribution in [2.45, 2.75) is 38.1 Å². The Morgan fingerprint density at radius 1 is 1.30 bits per heavy atom. The van der Waals surface area contributed by atoms with E-state index < -0.39 is 5.54 Å². The lowest BCUT2D eigenvalue weighted by Gasteiger charge is -2.39. The molecule has 0 saturated carbocycles. The molecule has 27 heavy (non-hydrogen) atoms. The zero-order chi connectivity index (χ0) is 17.7. The number of hydrogen-bond acceptors (Lipinski definition) is 5. The van der Waals surface area contributed by atoms with Crippen LogP contribution in [0.2, 0.25) is 0 Å². The molecule has 0 bridgehead atoms. The molecule has 154 valence electrons. The highest BCUT2D eigenvalue weighted by atomic mass is 35.5. The molecule has 2 aliphatic rings. The van der Waals surface area contributed by atoms with E-state index in [2.05, 4.69) is 16.0 Å². The van der Waals surface area contributed by atoms with Gasteiger partial charge in [-0.3, -0.25) is 4.79 Å². The third-order valence-corrected chi connectivity index (χ3v) is 5.55. The Kier molecular flexibility index (Phi) is 9.81. The average molecular weight is 419 g/mol. The van der Waals surface area contributed by atoms with Crippen LogP contribution in [-0.2, 0) is 9.53 Å². The Hall–Kier alpha value is -1.08. The van der Waals surface area contributed by atoms with Crippen LogP contribution in [0.4, 0.5) is 5.82 Å². The highest BCUT2D eigenvalue weighted by Gasteiger charge is 2.39. The number of nitrogens with two attached hydrogens (primary N) is 1. The third-order valence-electron chi connectivity index (χ3n) is 5.55. The van der Waals surface area contributed by atoms with E-state index in [1.807, 2.05) is 30.2 Å². The topological polar surface area (TPSA) is 71.7 Å². The molecule has 2 N–H and O–H groups in total. The molecule has 1 aromatic rings. The number of aromatic nitrogens is 1. The van der Waals surface area contributed by atoms with Gasteiger partial charge in [0.2, 0.25) is 5.91 Å². The van der Waals surface area contributed by atoms with Gasteiger partial charge < -0.3 is 20.3 Å². The highest BCUT2D eigenvalue weighted by molar-refractivity contribution is 5.86. The molecule has 1 aromatic heterocycles. The van der Waals surface area contributed by atoms with Crippen LogP contribution in [-0.4, -0.2) is 60.7 Å². The van der Waals surface area contributed by atoms with Crippen molar-refractivity contribution in [2.24, 2.45) is 11.7 Å². The minimum atomic E-state index is -0.733. The van der Waals surface area contributed by atoms with Gasteiger partial charge in [-0.05, 0) is 50.7 Å². The first-order valence-corrected chi connectivity index (χ1v) is 9.44. The van der Waals surface area contributed by atoms with Crippen LogP contribution in [0.3, 0.4) is 0 Å². The summed E-state index contributed by atoms with van der Waals surface area (Å²) < 4.78 is 5.37. The number of piperidine rings is 1. The van der Waals surface area contributed by atoms with Crippen molar-refractivity contribution in [3.8, 4) is 0 Å². The number of rotatable bonds is 5. The van der Waals surface area contributed by atoms with Crippen LogP contribution in [0.5, 0.6) is 0 Å². The Morgan fingerprint density at radius 3 is 2.52 bits per heavy atom. The quantitative estimate of drug-likeness (QED) is 0.794. The van der Waals surface area contributed by atoms with Crippen LogP contribution in [0.15, 0.2) is 24.4 Å². The zero-order valence-electron chi connectivity index (χ0n) is 16.0. The summed E-state index contributed by atoms with van der Waals surface area (Å²) in [5.41, 5.74) is 5.66. The number of nitrogens with zero attached hydrogens (tertiary/aromatic N) is 3. The van der Waals surface area contributed by atoms with Gasteiger partial charge in [-0.1, -0.05) is 6.07 Å². The van der Waals surface area contributed by atoms with Crippen molar-refractivity contribution in [1.82, 2.24) is 9.88 Å². The summed E-state index contributed by atoms with van der Waals surface area (Å²) in [6.45, 7) is 6.74. The van der Waals surface area contributed by atoms with E-state index in [9.17, 15) is 4.79 Å². The summed E-state index contributed by atoms with van der Waals surface area (Å²) in [5, 5.41) is 0. The Morgan fingerprint density at radius 2 is 1.96 bits per heavy atom. The number of pyridine rings is 1. The summed E-state index contributed by atoms with van der Waals surface area (Å²) >= 11 is 0. The molecule has 3 rings (SSSR count). The van der Waals surface area contributed by atoms with E-state index in [1.54, 1.807) is 0 Å². The van der Waals surface area contributed by atoms with Gasteiger partial charge in [0.05, 0.1) is 5.54 Å². The minimum Gasteiger partial charge on any atom is -0.381 e. The van der Waals surface area contributed by atoms with Crippen molar-refractivity contribution in [2.75, 3.05) is 44.3 Å². The molecule has 2 fully saturated rings. The van der Waals surface area contributed by atoms with E-state index in [4.69, 9.17) is 10.5 Å². The van der Waals surface area contributed by atoms with Crippen LogP contribution in [0.25, 0.3) is 0 Å². The molecule has 0 unspecified atom stereocenters. The second kappa shape index (κ2) is 11.1. The first kappa shape index (κ1) is 24.0. The second-order valence-corrected chi connectivity index (χ2v) is 7.23. The second-order valence-electron chi connectivity index (χ2n) is 7.23. The van der Waals surface area contributed by atoms with Crippen LogP contribution in [0.1, 0.15) is 32.6 Å². The van der Waals surface area contributed by atoms with Gasteiger partial charge in [-0.15, -0.1) is 24.8 Å². The Labute approximate surface area is 174 Å². The molecular weight excluding hydrogens is 387 g/mol. The Balaban J connectivity index is 0.00000182. The van der Waals surface area contributed by atoms with Crippen molar-refractivity contribution in [1.29, 1.82) is 0 Å². The molecule has 0 atom stereocenters. The van der Waals surface area contributed by atoms with E-state index in [1.165, 1.54) is 0 Å². The molecule has 8 heteroatoms. The maximum Gasteiger partial charge on any atom is 0.242 e. The number of carbonyl (C=O) groups excluding carboxylic acids is 1. The summed E-state index contributed by atoms with van der Waals surface area (Å²) in [6, 6.07) is 6.03. The fourth-order valence-electron chi connectivity index (χ4n) is 3.82. The van der Waals surface area contributed by atoms with E-state index in [0.29, 0.717) is 32.0 Å². The van der Waals surface area contributed by atoms with Gasteiger partial charge in [0.1, 0.15) is 5.82 Å². The smallest absolute Gasteiger partial charge is 0.242 e. The SMILES string of the molecule is CCN(CC1CCN(c2ccccn2)CC1)C(=O)C1(N)CCOCC1.Cl.Cl. The van der Waals surface area contributed by atoms with Crippen molar-refractivity contribution in [3.63, 3.8) is 0 Å². The number of halogens is 2. The van der Waals surface area contributed by atoms with Gasteiger partial charge in [-0.25, -0.2) is 4.98 Å². The average Bonchev–Trinajstić information content (AvgIpc) is 2.67. The molecule has 0 spiro atoms. The van der Waals surface area contributed by atoms with Gasteiger partial charge in [0.15, 0.2) is 0 Å². The van der Waals surface area contributed by atoms with Gasteiger partial charge in [0.25, 0.3) is 0 Å². The van der Waals surface area contributed by atoms with Crippen LogP contribution < -0.4 is 10.6 Å². The third kappa shape index (κ3) is 5.95. The largest absolute Gasteiger partial charge is 0.381 e. The van der Waals surface area contributed by atoms with Gasteiger partial charge in [-0.2, -0.15) is 0 Å². The standard InChI is InChI=1S/C19H30N4O2.2ClH/c1-2-22(18(24)19(20)8-13-25-14-9-19)15-16-6-11-23(12-7-16)17-5-3-4-10-21-17;;/h3-5,10,16H,2,6-9,11-15,20H2,1H3;2*1H. The van der Waals surface area contributed by atoms with Crippen molar-refractivity contribution < 1.29 is 9.53 Å². The summed E-state index contributed by atoms with van der Waals surface area (Å²) in [7, 11) is 0. The minimum absolute atomic E-state index is 0. The maximum absolute atomic E-state index is 12.9. The monoisotopic (exact) mass is 418 g/mol. The maximum atomic E-state index is 12.9. The number of ether oxygens (including phenoxy) is 1. The number of anilines is 1. The molecular formula is C19H32Cl2N4O2. The molecule has 0 aromatic carbocycles. The summed E-state index contributed by atoms with van der Waals surface area (Å²) in [4.78, 5) is 21.7. The van der Waals surface area contributed by atoms with Crippen molar-refractivity contribution in [3.05, 3.63) is 24.4 Å². The molecule has 6 nitrogen and oxygen atoms in total. The van der Waals surface area contributed by atoms with Crippen LogP contribution >= 0.6 is 24.8 Å². The first-order valence-electron chi connectivity index (χ1n) is 9.44. The van der Waals surface area contributed by atoms with Crippen molar-refractivity contribution >= 4 is 36.5 Å². The molecule has 2 aliphatic heterocycles. The number of likely N-dealkylation sites (N-methyl/N-ethyl adjacent to an activating group) is 1. The van der Waals surface area contributed by atoms with E-state index in [0.717, 1.165) is 44.8 Å². The normalized spacial score (nSPS) is 19.6. The first-order chi connectivity index (χ1) is 12.1. The molecule has 2 saturated heterocycles. The lowest BCUT2D eigenvalue weighted by molar-refractivity contribution is -0.141. The zero-order valence-corrected chi connectivity index (χ0v) is 17.6. The molecule has 1 amide bonds.